The topological polar surface area (TPSA) is 40.1 Å². The van der Waals surface area contributed by atoms with Crippen LogP contribution in [0, 0.1) is 5.82 Å². The van der Waals surface area contributed by atoms with Crippen molar-refractivity contribution < 1.29 is 9.13 Å². The van der Waals surface area contributed by atoms with Crippen molar-refractivity contribution in [2.45, 2.75) is 13.1 Å². The molecule has 7 heteroatoms. The van der Waals surface area contributed by atoms with Gasteiger partial charge in [0, 0.05) is 32.7 Å². The van der Waals surface area contributed by atoms with E-state index in [-0.39, 0.29) is 29.8 Å². The highest BCUT2D eigenvalue weighted by Crippen LogP contribution is 2.12. The van der Waals surface area contributed by atoms with Gasteiger partial charge in [-0.2, -0.15) is 0 Å². The average molecular weight is 500 g/mol. The summed E-state index contributed by atoms with van der Waals surface area (Å²) in [7, 11) is 7.57. The molecule has 0 bridgehead atoms. The highest BCUT2D eigenvalue weighted by Gasteiger charge is 2.08. The summed E-state index contributed by atoms with van der Waals surface area (Å²) < 4.78 is 19.6. The molecule has 0 aliphatic rings. The number of ether oxygens (including phenoxy) is 1. The molecule has 0 aromatic heterocycles. The van der Waals surface area contributed by atoms with Crippen LogP contribution in [0.4, 0.5) is 4.39 Å². The summed E-state index contributed by atoms with van der Waals surface area (Å²) in [6.07, 6.45) is 0. The first-order valence-electron chi connectivity index (χ1n) is 9.01. The van der Waals surface area contributed by atoms with E-state index in [4.69, 9.17) is 4.74 Å². The molecule has 5 nitrogen and oxygen atoms in total. The van der Waals surface area contributed by atoms with E-state index in [1.807, 2.05) is 67.3 Å². The van der Waals surface area contributed by atoms with Gasteiger partial charge in [-0.05, 0) is 43.9 Å². The zero-order chi connectivity index (χ0) is 19.6. The minimum absolute atomic E-state index is 0. The fraction of sp³-hybridized carbons (Fsp3) is 0.381. The first-order chi connectivity index (χ1) is 13.0. The van der Waals surface area contributed by atoms with E-state index in [0.29, 0.717) is 31.8 Å². The van der Waals surface area contributed by atoms with Gasteiger partial charge in [-0.1, -0.05) is 24.3 Å². The van der Waals surface area contributed by atoms with Crippen molar-refractivity contribution in [3.8, 4) is 5.75 Å². The second-order valence-corrected chi connectivity index (χ2v) is 6.65. The highest BCUT2D eigenvalue weighted by atomic mass is 127. The Bertz CT molecular complexity index is 740. The van der Waals surface area contributed by atoms with E-state index < -0.39 is 0 Å². The van der Waals surface area contributed by atoms with E-state index in [0.717, 1.165) is 17.3 Å². The Labute approximate surface area is 184 Å². The maximum atomic E-state index is 13.9. The van der Waals surface area contributed by atoms with Crippen LogP contribution in [0.1, 0.15) is 11.1 Å². The van der Waals surface area contributed by atoms with E-state index in [1.54, 1.807) is 13.1 Å². The Morgan fingerprint density at radius 3 is 2.46 bits per heavy atom. The first-order valence-corrected chi connectivity index (χ1v) is 9.01. The predicted molar refractivity (Wildman–Crippen MR) is 124 cm³/mol. The molecule has 0 aliphatic heterocycles. The molecule has 0 saturated carbocycles. The second-order valence-electron chi connectivity index (χ2n) is 6.65. The van der Waals surface area contributed by atoms with Crippen molar-refractivity contribution in [2.75, 3.05) is 41.3 Å². The summed E-state index contributed by atoms with van der Waals surface area (Å²) in [4.78, 5) is 8.27. The van der Waals surface area contributed by atoms with Gasteiger partial charge in [-0.25, -0.2) is 4.39 Å². The molecule has 0 heterocycles. The van der Waals surface area contributed by atoms with E-state index >= 15 is 0 Å². The zero-order valence-corrected chi connectivity index (χ0v) is 19.3. The van der Waals surface area contributed by atoms with Crippen molar-refractivity contribution in [3.63, 3.8) is 0 Å². The summed E-state index contributed by atoms with van der Waals surface area (Å²) in [6, 6.07) is 15.0. The third-order valence-corrected chi connectivity index (χ3v) is 4.06. The fourth-order valence-electron chi connectivity index (χ4n) is 2.69. The lowest BCUT2D eigenvalue weighted by molar-refractivity contribution is 0.281. The number of hydrogen-bond donors (Lipinski definition) is 1. The second kappa shape index (κ2) is 12.6. The molecule has 0 radical (unpaired) electrons. The van der Waals surface area contributed by atoms with Crippen molar-refractivity contribution >= 4 is 29.9 Å². The molecule has 0 amide bonds. The van der Waals surface area contributed by atoms with Crippen LogP contribution in [0.5, 0.6) is 5.75 Å². The fourth-order valence-corrected chi connectivity index (χ4v) is 2.69. The van der Waals surface area contributed by atoms with Gasteiger partial charge in [0.15, 0.2) is 5.96 Å². The Hall–Kier alpha value is -1.87. The molecule has 0 aliphatic carbocycles. The zero-order valence-electron chi connectivity index (χ0n) is 17.0. The van der Waals surface area contributed by atoms with Crippen LogP contribution in [0.3, 0.4) is 0 Å². The molecule has 0 spiro atoms. The largest absolute Gasteiger partial charge is 0.492 e. The number of para-hydroxylation sites is 1. The quantitative estimate of drug-likeness (QED) is 0.342. The molecular weight excluding hydrogens is 470 g/mol. The van der Waals surface area contributed by atoms with Gasteiger partial charge >= 0.3 is 0 Å². The molecule has 2 rings (SSSR count). The Kier molecular flexibility index (Phi) is 10.8. The third-order valence-electron chi connectivity index (χ3n) is 4.06. The van der Waals surface area contributed by atoms with Crippen molar-refractivity contribution in [2.24, 2.45) is 4.99 Å². The lowest BCUT2D eigenvalue weighted by Crippen LogP contribution is -2.40. The summed E-state index contributed by atoms with van der Waals surface area (Å²) in [5, 5.41) is 3.32. The standard InChI is InChI=1S/C21H29FN4O.HI/c1-23-21(26(4)12-13-27-19-8-6-5-7-9-19)24-15-17-10-11-20(22)18(14-17)16-25(2)3;/h5-11,14H,12-13,15-16H2,1-4H3,(H,23,24);1H. The molecule has 1 N–H and O–H groups in total. The number of likely N-dealkylation sites (N-methyl/N-ethyl adjacent to an activating group) is 1. The Morgan fingerprint density at radius 1 is 1.11 bits per heavy atom. The first kappa shape index (κ1) is 24.2. The summed E-state index contributed by atoms with van der Waals surface area (Å²) in [5.41, 5.74) is 1.71. The number of guanidine groups is 1. The monoisotopic (exact) mass is 500 g/mol. The molecule has 0 unspecified atom stereocenters. The summed E-state index contributed by atoms with van der Waals surface area (Å²) in [5.74, 6) is 1.45. The normalized spacial score (nSPS) is 11.1. The number of nitrogens with one attached hydrogen (secondary N) is 1. The maximum absolute atomic E-state index is 13.9. The van der Waals surface area contributed by atoms with Crippen LogP contribution < -0.4 is 10.1 Å². The minimum atomic E-state index is -0.174. The summed E-state index contributed by atoms with van der Waals surface area (Å²) >= 11 is 0. The lowest BCUT2D eigenvalue weighted by atomic mass is 10.1. The van der Waals surface area contributed by atoms with Crippen molar-refractivity contribution in [1.29, 1.82) is 0 Å². The minimum Gasteiger partial charge on any atom is -0.492 e. The summed E-state index contributed by atoms with van der Waals surface area (Å²) in [6.45, 7) is 2.41. The van der Waals surface area contributed by atoms with Crippen LogP contribution in [0.25, 0.3) is 0 Å². The SMILES string of the molecule is CN=C(NCc1ccc(F)c(CN(C)C)c1)N(C)CCOc1ccccc1.I. The lowest BCUT2D eigenvalue weighted by Gasteiger charge is -2.22. The average Bonchev–Trinajstić information content (AvgIpc) is 2.65. The number of halogens is 2. The van der Waals surface area contributed by atoms with Gasteiger partial charge < -0.3 is 19.9 Å². The number of hydrogen-bond acceptors (Lipinski definition) is 3. The molecule has 154 valence electrons. The van der Waals surface area contributed by atoms with Gasteiger partial charge in [0.1, 0.15) is 18.2 Å². The number of benzene rings is 2. The van der Waals surface area contributed by atoms with E-state index in [2.05, 4.69) is 10.3 Å². The van der Waals surface area contributed by atoms with Crippen LogP contribution in [-0.2, 0) is 13.1 Å². The highest BCUT2D eigenvalue weighted by molar-refractivity contribution is 14.0. The Morgan fingerprint density at radius 2 is 1.82 bits per heavy atom. The van der Waals surface area contributed by atoms with Gasteiger partial charge in [-0.15, -0.1) is 24.0 Å². The molecule has 28 heavy (non-hydrogen) atoms. The van der Waals surface area contributed by atoms with Crippen LogP contribution in [0.2, 0.25) is 0 Å². The van der Waals surface area contributed by atoms with E-state index in [1.165, 1.54) is 6.07 Å². The molecule has 2 aromatic carbocycles. The van der Waals surface area contributed by atoms with Gasteiger partial charge in [0.05, 0.1) is 6.54 Å². The van der Waals surface area contributed by atoms with Crippen LogP contribution in [0.15, 0.2) is 53.5 Å². The van der Waals surface area contributed by atoms with Gasteiger partial charge in [0.25, 0.3) is 0 Å². The molecular formula is C21H30FIN4O. The van der Waals surface area contributed by atoms with Gasteiger partial charge in [-0.3, -0.25) is 4.99 Å². The third kappa shape index (κ3) is 8.02. The molecule has 0 saturated heterocycles. The van der Waals surface area contributed by atoms with Gasteiger partial charge in [0.2, 0.25) is 0 Å². The van der Waals surface area contributed by atoms with Crippen molar-refractivity contribution in [3.05, 3.63) is 65.5 Å². The number of aliphatic imine (C=N–C) groups is 1. The van der Waals surface area contributed by atoms with E-state index in [9.17, 15) is 4.39 Å². The molecule has 2 aromatic rings. The van der Waals surface area contributed by atoms with Crippen molar-refractivity contribution in [1.82, 2.24) is 15.1 Å². The van der Waals surface area contributed by atoms with Crippen LogP contribution in [-0.4, -0.2) is 57.1 Å². The maximum Gasteiger partial charge on any atom is 0.193 e. The van der Waals surface area contributed by atoms with Crippen LogP contribution >= 0.6 is 24.0 Å². The number of nitrogens with zero attached hydrogens (tertiary/aromatic N) is 3. The molecule has 0 atom stereocenters. The Balaban J connectivity index is 0.00000392. The smallest absolute Gasteiger partial charge is 0.193 e. The predicted octanol–water partition coefficient (Wildman–Crippen LogP) is 3.59. The number of rotatable bonds is 8. The molecule has 0 fully saturated rings.